The van der Waals surface area contributed by atoms with Crippen molar-refractivity contribution < 1.29 is 0 Å². The number of fused-ring (bicyclic) bond motifs is 1. The van der Waals surface area contributed by atoms with Gasteiger partial charge in [0.05, 0.1) is 5.52 Å². The van der Waals surface area contributed by atoms with Crippen LogP contribution in [0, 0.1) is 0 Å². The van der Waals surface area contributed by atoms with E-state index in [0.717, 1.165) is 18.4 Å². The van der Waals surface area contributed by atoms with Crippen LogP contribution in [0.3, 0.4) is 0 Å². The van der Waals surface area contributed by atoms with Gasteiger partial charge < -0.3 is 5.73 Å². The second-order valence-corrected chi connectivity index (χ2v) is 5.04. The third-order valence-corrected chi connectivity index (χ3v) is 3.69. The Kier molecular flexibility index (Phi) is 3.75. The summed E-state index contributed by atoms with van der Waals surface area (Å²) in [5.41, 5.74) is 9.85. The normalized spacial score (nSPS) is 12.4. The molecule has 0 aliphatic carbocycles. The maximum absolute atomic E-state index is 6.27. The van der Waals surface area contributed by atoms with Crippen LogP contribution in [0.5, 0.6) is 0 Å². The van der Waals surface area contributed by atoms with Crippen LogP contribution in [0.2, 0.25) is 0 Å². The predicted molar refractivity (Wildman–Crippen MR) is 83.4 cm³/mol. The van der Waals surface area contributed by atoms with Gasteiger partial charge in [-0.25, -0.2) is 0 Å². The maximum Gasteiger partial charge on any atom is 0.0704 e. The molecule has 2 aromatic carbocycles. The molecule has 0 fully saturated rings. The van der Waals surface area contributed by atoms with E-state index >= 15 is 0 Å². The number of pyridine rings is 1. The van der Waals surface area contributed by atoms with Gasteiger partial charge in [0.15, 0.2) is 0 Å². The first-order valence-corrected chi connectivity index (χ1v) is 6.98. The van der Waals surface area contributed by atoms with Gasteiger partial charge in [-0.3, -0.25) is 4.98 Å². The van der Waals surface area contributed by atoms with E-state index in [1.54, 1.807) is 0 Å². The Balaban J connectivity index is 1.77. The minimum absolute atomic E-state index is 0.0862. The lowest BCUT2D eigenvalue weighted by molar-refractivity contribution is 0.653. The van der Waals surface area contributed by atoms with Crippen molar-refractivity contribution in [2.24, 2.45) is 5.73 Å². The number of nitrogens with two attached hydrogens (primary N) is 1. The monoisotopic (exact) mass is 262 g/mol. The summed E-state index contributed by atoms with van der Waals surface area (Å²) in [5, 5.41) is 1.23. The van der Waals surface area contributed by atoms with Gasteiger partial charge in [0.2, 0.25) is 0 Å². The summed E-state index contributed by atoms with van der Waals surface area (Å²) >= 11 is 0. The molecule has 1 atom stereocenters. The van der Waals surface area contributed by atoms with Gasteiger partial charge in [-0.15, -0.1) is 0 Å². The summed E-state index contributed by atoms with van der Waals surface area (Å²) < 4.78 is 0. The van der Waals surface area contributed by atoms with Gasteiger partial charge in [0, 0.05) is 17.6 Å². The zero-order chi connectivity index (χ0) is 13.8. The highest BCUT2D eigenvalue weighted by Gasteiger charge is 2.07. The lowest BCUT2D eigenvalue weighted by Crippen LogP contribution is -2.11. The van der Waals surface area contributed by atoms with Crippen molar-refractivity contribution >= 4 is 10.9 Å². The van der Waals surface area contributed by atoms with E-state index in [4.69, 9.17) is 5.73 Å². The largest absolute Gasteiger partial charge is 0.324 e. The van der Waals surface area contributed by atoms with Crippen molar-refractivity contribution in [1.82, 2.24) is 4.98 Å². The molecule has 0 bridgehead atoms. The zero-order valence-electron chi connectivity index (χ0n) is 11.4. The average molecular weight is 262 g/mol. The molecule has 20 heavy (non-hydrogen) atoms. The molecule has 100 valence electrons. The zero-order valence-corrected chi connectivity index (χ0v) is 11.4. The number of rotatable bonds is 4. The third kappa shape index (κ3) is 2.70. The van der Waals surface area contributed by atoms with Gasteiger partial charge in [0.25, 0.3) is 0 Å². The molecule has 2 nitrogen and oxygen atoms in total. The summed E-state index contributed by atoms with van der Waals surface area (Å²) in [6.45, 7) is 0. The number of hydrogen-bond donors (Lipinski definition) is 1. The number of hydrogen-bond acceptors (Lipinski definition) is 2. The molecule has 0 saturated heterocycles. The van der Waals surface area contributed by atoms with E-state index in [9.17, 15) is 0 Å². The van der Waals surface area contributed by atoms with Gasteiger partial charge in [-0.1, -0.05) is 48.5 Å². The molecule has 0 amide bonds. The van der Waals surface area contributed by atoms with Crippen molar-refractivity contribution in [2.75, 3.05) is 0 Å². The SMILES string of the molecule is NC(CCc1ccnc2ccccc12)c1ccccc1. The first-order valence-electron chi connectivity index (χ1n) is 6.98. The van der Waals surface area contributed by atoms with E-state index < -0.39 is 0 Å². The lowest BCUT2D eigenvalue weighted by atomic mass is 9.98. The van der Waals surface area contributed by atoms with Crippen LogP contribution in [0.1, 0.15) is 23.6 Å². The predicted octanol–water partition coefficient (Wildman–Crippen LogP) is 3.87. The standard InChI is InChI=1S/C18H18N2/c19-17(15-6-2-1-3-7-15)11-10-14-12-13-20-18-9-5-4-8-16(14)18/h1-9,12-13,17H,10-11,19H2. The maximum atomic E-state index is 6.27. The number of aromatic nitrogens is 1. The van der Waals surface area contributed by atoms with Gasteiger partial charge in [-0.05, 0) is 36.1 Å². The van der Waals surface area contributed by atoms with Crippen LogP contribution in [0.4, 0.5) is 0 Å². The van der Waals surface area contributed by atoms with Crippen LogP contribution in [0.15, 0.2) is 66.9 Å². The molecule has 1 unspecified atom stereocenters. The molecule has 1 heterocycles. The molecule has 3 rings (SSSR count). The average Bonchev–Trinajstić information content (AvgIpc) is 2.53. The second kappa shape index (κ2) is 5.85. The summed E-state index contributed by atoms with van der Waals surface area (Å²) in [6.07, 6.45) is 3.79. The summed E-state index contributed by atoms with van der Waals surface area (Å²) in [4.78, 5) is 4.40. The molecular formula is C18H18N2. The van der Waals surface area contributed by atoms with Crippen molar-refractivity contribution in [1.29, 1.82) is 0 Å². The lowest BCUT2D eigenvalue weighted by Gasteiger charge is -2.12. The van der Waals surface area contributed by atoms with E-state index in [0.29, 0.717) is 0 Å². The highest BCUT2D eigenvalue weighted by atomic mass is 14.6. The molecule has 0 aliphatic heterocycles. The highest BCUT2D eigenvalue weighted by molar-refractivity contribution is 5.81. The molecule has 0 aliphatic rings. The quantitative estimate of drug-likeness (QED) is 0.775. The fourth-order valence-electron chi connectivity index (χ4n) is 2.55. The minimum atomic E-state index is 0.0862. The topological polar surface area (TPSA) is 38.9 Å². The molecular weight excluding hydrogens is 244 g/mol. The Labute approximate surface area is 119 Å². The van der Waals surface area contributed by atoms with Crippen LogP contribution < -0.4 is 5.73 Å². The van der Waals surface area contributed by atoms with Crippen molar-refractivity contribution in [3.05, 3.63) is 78.0 Å². The molecule has 1 aromatic heterocycles. The number of para-hydroxylation sites is 1. The molecule has 0 saturated carbocycles. The summed E-state index contributed by atoms with van der Waals surface area (Å²) in [5.74, 6) is 0. The summed E-state index contributed by atoms with van der Waals surface area (Å²) in [7, 11) is 0. The second-order valence-electron chi connectivity index (χ2n) is 5.04. The van der Waals surface area contributed by atoms with Gasteiger partial charge >= 0.3 is 0 Å². The smallest absolute Gasteiger partial charge is 0.0704 e. The minimum Gasteiger partial charge on any atom is -0.324 e. The van der Waals surface area contributed by atoms with Crippen LogP contribution >= 0.6 is 0 Å². The Morgan fingerprint density at radius 1 is 0.900 bits per heavy atom. The van der Waals surface area contributed by atoms with Crippen LogP contribution in [0.25, 0.3) is 10.9 Å². The van der Waals surface area contributed by atoms with Gasteiger partial charge in [-0.2, -0.15) is 0 Å². The Morgan fingerprint density at radius 3 is 2.50 bits per heavy atom. The highest BCUT2D eigenvalue weighted by Crippen LogP contribution is 2.21. The summed E-state index contributed by atoms with van der Waals surface area (Å²) in [6, 6.07) is 20.7. The molecule has 2 N–H and O–H groups in total. The fourth-order valence-corrected chi connectivity index (χ4v) is 2.55. The van der Waals surface area contributed by atoms with Gasteiger partial charge in [0.1, 0.15) is 0 Å². The van der Waals surface area contributed by atoms with E-state index in [2.05, 4.69) is 41.4 Å². The Morgan fingerprint density at radius 2 is 1.65 bits per heavy atom. The molecule has 0 radical (unpaired) electrons. The number of benzene rings is 2. The van der Waals surface area contributed by atoms with E-state index in [1.807, 2.05) is 30.5 Å². The van der Waals surface area contributed by atoms with Crippen molar-refractivity contribution in [2.45, 2.75) is 18.9 Å². The Hall–Kier alpha value is -2.19. The first-order chi connectivity index (χ1) is 9.84. The van der Waals surface area contributed by atoms with Crippen molar-refractivity contribution in [3.63, 3.8) is 0 Å². The van der Waals surface area contributed by atoms with Crippen LogP contribution in [-0.4, -0.2) is 4.98 Å². The number of aryl methyl sites for hydroxylation is 1. The Bertz CT molecular complexity index is 687. The molecule has 0 spiro atoms. The molecule has 2 heteroatoms. The van der Waals surface area contributed by atoms with Crippen molar-refractivity contribution in [3.8, 4) is 0 Å². The van der Waals surface area contributed by atoms with E-state index in [-0.39, 0.29) is 6.04 Å². The first kappa shape index (κ1) is 12.8. The molecule has 3 aromatic rings. The number of nitrogens with zero attached hydrogens (tertiary/aromatic N) is 1. The third-order valence-electron chi connectivity index (χ3n) is 3.69. The van der Waals surface area contributed by atoms with E-state index in [1.165, 1.54) is 16.5 Å². The fraction of sp³-hybridized carbons (Fsp3) is 0.167. The van der Waals surface area contributed by atoms with Crippen LogP contribution in [-0.2, 0) is 6.42 Å².